The number of halogens is 1. The molecule has 10 heteroatoms. The molecule has 0 unspecified atom stereocenters. The van der Waals surface area contributed by atoms with Gasteiger partial charge in [-0.25, -0.2) is 18.1 Å². The molecule has 1 aliphatic rings. The largest absolute Gasteiger partial charge is 0.376 e. The number of carbonyl (C=O) groups excluding carboxylic acids is 1. The van der Waals surface area contributed by atoms with Gasteiger partial charge in [-0.1, -0.05) is 54.1 Å². The molecule has 0 spiro atoms. The van der Waals surface area contributed by atoms with Crippen LogP contribution in [0.1, 0.15) is 47.5 Å². The van der Waals surface area contributed by atoms with Crippen molar-refractivity contribution in [1.82, 2.24) is 14.3 Å². The molecule has 1 aromatic heterocycles. The smallest absolute Gasteiger partial charge is 0.241 e. The second-order valence-corrected chi connectivity index (χ2v) is 12.0. The molecular weight excluding hydrogens is 548 g/mol. The Morgan fingerprint density at radius 2 is 1.95 bits per heavy atom. The molecule has 1 amide bonds. The van der Waals surface area contributed by atoms with E-state index in [-0.39, 0.29) is 23.8 Å². The molecule has 3 aromatic carbocycles. The molecule has 0 fully saturated rings. The van der Waals surface area contributed by atoms with E-state index in [0.717, 1.165) is 28.9 Å². The number of nitrogens with zero attached hydrogens (tertiary/aromatic N) is 3. The second-order valence-electron chi connectivity index (χ2n) is 9.83. The number of hydrogen-bond donors (Lipinski definition) is 1. The average molecular weight is 579 g/mol. The van der Waals surface area contributed by atoms with E-state index in [2.05, 4.69) is 9.71 Å². The third-order valence-corrected chi connectivity index (χ3v) is 8.96. The summed E-state index contributed by atoms with van der Waals surface area (Å²) in [6, 6.07) is 21.2. The van der Waals surface area contributed by atoms with Gasteiger partial charge in [0.2, 0.25) is 15.9 Å². The summed E-state index contributed by atoms with van der Waals surface area (Å²) in [6.45, 7) is 0.255. The van der Waals surface area contributed by atoms with E-state index in [1.54, 1.807) is 30.3 Å². The first-order valence-electron chi connectivity index (χ1n) is 13.0. The molecular formula is C30H31ClN4O4S. The van der Waals surface area contributed by atoms with Gasteiger partial charge in [0.25, 0.3) is 0 Å². The normalized spacial score (nSPS) is 15.5. The number of amides is 1. The standard InChI is InChI=1S/C30H31ClN4O4S/c1-34-16-15-32-29(34)20-35(30(36)19-28(39-2)22-7-4-3-5-8-22)24-13-11-21-12-14-27(26(21)18-24)33-40(37,38)25-10-6-9-23(31)17-25/h3-11,13,15-18,27-28,33H,12,14,19-20H2,1-2H3/t27-,28+/m1/s1. The van der Waals surface area contributed by atoms with Crippen molar-refractivity contribution >= 4 is 33.2 Å². The number of sulfonamides is 1. The maximum atomic E-state index is 13.8. The number of benzene rings is 3. The molecule has 0 saturated carbocycles. The van der Waals surface area contributed by atoms with Gasteiger partial charge in [0, 0.05) is 43.3 Å². The van der Waals surface area contributed by atoms with Gasteiger partial charge < -0.3 is 14.2 Å². The Kier molecular flexibility index (Phi) is 8.37. The van der Waals surface area contributed by atoms with Crippen LogP contribution >= 0.6 is 11.6 Å². The minimum absolute atomic E-state index is 0.114. The summed E-state index contributed by atoms with van der Waals surface area (Å²) in [5, 5.41) is 0.352. The zero-order valence-electron chi connectivity index (χ0n) is 22.3. The van der Waals surface area contributed by atoms with Crippen molar-refractivity contribution in [2.24, 2.45) is 7.05 Å². The van der Waals surface area contributed by atoms with Crippen molar-refractivity contribution < 1.29 is 17.9 Å². The fourth-order valence-corrected chi connectivity index (χ4v) is 6.61. The molecule has 1 aliphatic carbocycles. The second kappa shape index (κ2) is 11.9. The number of hydrogen-bond acceptors (Lipinski definition) is 5. The highest BCUT2D eigenvalue weighted by Gasteiger charge is 2.30. The van der Waals surface area contributed by atoms with Gasteiger partial charge in [0.15, 0.2) is 0 Å². The number of rotatable bonds is 10. The predicted molar refractivity (Wildman–Crippen MR) is 154 cm³/mol. The van der Waals surface area contributed by atoms with Gasteiger partial charge in [-0.15, -0.1) is 0 Å². The van der Waals surface area contributed by atoms with E-state index < -0.39 is 22.2 Å². The van der Waals surface area contributed by atoms with E-state index in [0.29, 0.717) is 17.1 Å². The number of nitrogens with one attached hydrogen (secondary N) is 1. The van der Waals surface area contributed by atoms with Crippen molar-refractivity contribution in [2.75, 3.05) is 12.0 Å². The van der Waals surface area contributed by atoms with Crippen LogP contribution in [0.4, 0.5) is 5.69 Å². The highest BCUT2D eigenvalue weighted by Crippen LogP contribution is 2.36. The minimum atomic E-state index is -3.80. The number of ether oxygens (including phenoxy) is 1. The predicted octanol–water partition coefficient (Wildman–Crippen LogP) is 5.35. The number of anilines is 1. The average Bonchev–Trinajstić information content (AvgIpc) is 3.55. The van der Waals surface area contributed by atoms with Gasteiger partial charge in [0.05, 0.1) is 24.0 Å². The summed E-state index contributed by atoms with van der Waals surface area (Å²) < 4.78 is 36.7. The molecule has 1 N–H and O–H groups in total. The van der Waals surface area contributed by atoms with Crippen LogP contribution in [-0.4, -0.2) is 31.0 Å². The molecule has 0 saturated heterocycles. The van der Waals surface area contributed by atoms with E-state index in [9.17, 15) is 13.2 Å². The lowest BCUT2D eigenvalue weighted by molar-refractivity contribution is -0.121. The first kappa shape index (κ1) is 28.0. The fourth-order valence-electron chi connectivity index (χ4n) is 5.06. The Morgan fingerprint density at radius 3 is 2.65 bits per heavy atom. The first-order chi connectivity index (χ1) is 19.2. The lowest BCUT2D eigenvalue weighted by atomic mass is 10.0. The van der Waals surface area contributed by atoms with Crippen molar-refractivity contribution in [2.45, 2.75) is 42.8 Å². The molecule has 5 rings (SSSR count). The summed E-state index contributed by atoms with van der Waals surface area (Å²) in [7, 11) is -0.317. The van der Waals surface area contributed by atoms with Gasteiger partial charge in [-0.3, -0.25) is 4.79 Å². The molecule has 0 aliphatic heterocycles. The van der Waals surface area contributed by atoms with Crippen LogP contribution in [0, 0.1) is 0 Å². The van der Waals surface area contributed by atoms with E-state index in [1.165, 1.54) is 12.1 Å². The van der Waals surface area contributed by atoms with E-state index >= 15 is 0 Å². The topological polar surface area (TPSA) is 93.5 Å². The summed E-state index contributed by atoms with van der Waals surface area (Å²) in [4.78, 5) is 20.1. The van der Waals surface area contributed by atoms with Crippen molar-refractivity contribution in [3.05, 3.63) is 113 Å². The third-order valence-electron chi connectivity index (χ3n) is 7.26. The molecule has 0 radical (unpaired) electrons. The number of fused-ring (bicyclic) bond motifs is 1. The monoisotopic (exact) mass is 578 g/mol. The number of aromatic nitrogens is 2. The Hall–Kier alpha value is -3.50. The Labute approximate surface area is 239 Å². The summed E-state index contributed by atoms with van der Waals surface area (Å²) in [6.07, 6.45) is 4.60. The molecule has 208 valence electrons. The number of aryl methyl sites for hydroxylation is 2. The quantitative estimate of drug-likeness (QED) is 0.274. The number of methoxy groups -OCH3 is 1. The maximum Gasteiger partial charge on any atom is 0.241 e. The molecule has 2 atom stereocenters. The fraction of sp³-hybridized carbons (Fsp3) is 0.267. The zero-order valence-corrected chi connectivity index (χ0v) is 23.9. The lowest BCUT2D eigenvalue weighted by Crippen LogP contribution is -2.33. The van der Waals surface area contributed by atoms with Crippen LogP contribution in [0.5, 0.6) is 0 Å². The van der Waals surface area contributed by atoms with Crippen molar-refractivity contribution in [3.8, 4) is 0 Å². The van der Waals surface area contributed by atoms with Gasteiger partial charge >= 0.3 is 0 Å². The summed E-state index contributed by atoms with van der Waals surface area (Å²) in [5.74, 6) is 0.591. The molecule has 0 bridgehead atoms. The van der Waals surface area contributed by atoms with Crippen LogP contribution < -0.4 is 9.62 Å². The molecule has 4 aromatic rings. The Balaban J connectivity index is 1.45. The van der Waals surface area contributed by atoms with Crippen LogP contribution in [-0.2, 0) is 39.6 Å². The minimum Gasteiger partial charge on any atom is -0.376 e. The summed E-state index contributed by atoms with van der Waals surface area (Å²) >= 11 is 6.04. The maximum absolute atomic E-state index is 13.8. The van der Waals surface area contributed by atoms with Crippen molar-refractivity contribution in [1.29, 1.82) is 0 Å². The van der Waals surface area contributed by atoms with Gasteiger partial charge in [-0.2, -0.15) is 0 Å². The SMILES string of the molecule is CO[C@@H](CC(=O)N(Cc1nccn1C)c1ccc2c(c1)[C@H](NS(=O)(=O)c1cccc(Cl)c1)CC2)c1ccccc1. The van der Waals surface area contributed by atoms with Crippen LogP contribution in [0.2, 0.25) is 5.02 Å². The zero-order chi connectivity index (χ0) is 28.3. The van der Waals surface area contributed by atoms with Crippen molar-refractivity contribution in [3.63, 3.8) is 0 Å². The van der Waals surface area contributed by atoms with Crippen LogP contribution in [0.3, 0.4) is 0 Å². The molecule has 1 heterocycles. The highest BCUT2D eigenvalue weighted by atomic mass is 35.5. The van der Waals surface area contributed by atoms with Gasteiger partial charge in [-0.05, 0) is 59.9 Å². The van der Waals surface area contributed by atoms with Gasteiger partial charge in [0.1, 0.15) is 5.82 Å². The third kappa shape index (κ3) is 6.13. The molecule has 8 nitrogen and oxygen atoms in total. The molecule has 40 heavy (non-hydrogen) atoms. The first-order valence-corrected chi connectivity index (χ1v) is 14.9. The summed E-state index contributed by atoms with van der Waals surface area (Å²) in [5.41, 5.74) is 3.49. The van der Waals surface area contributed by atoms with Crippen LogP contribution in [0.25, 0.3) is 0 Å². The van der Waals surface area contributed by atoms with E-state index in [4.69, 9.17) is 16.3 Å². The number of imidazole rings is 1. The van der Waals surface area contributed by atoms with Crippen LogP contribution in [0.15, 0.2) is 90.1 Å². The lowest BCUT2D eigenvalue weighted by Gasteiger charge is -2.26. The highest BCUT2D eigenvalue weighted by molar-refractivity contribution is 7.89. The number of carbonyl (C=O) groups is 1. The Morgan fingerprint density at radius 1 is 1.15 bits per heavy atom. The van der Waals surface area contributed by atoms with E-state index in [1.807, 2.05) is 66.3 Å². The Bertz CT molecular complexity index is 1610.